The van der Waals surface area contributed by atoms with E-state index in [4.69, 9.17) is 0 Å². The minimum atomic E-state index is -1.18. The Labute approximate surface area is 121 Å². The minimum Gasteiger partial charge on any atom is -0.392 e. The minimum absolute atomic E-state index is 0.0902. The molecule has 0 aliphatic heterocycles. The maximum Gasteiger partial charge on any atom is 0.275 e. The van der Waals surface area contributed by atoms with Gasteiger partial charge in [-0.05, 0) is 22.8 Å². The molecule has 2 rings (SSSR count). The van der Waals surface area contributed by atoms with Gasteiger partial charge in [0.15, 0.2) is 0 Å². The van der Waals surface area contributed by atoms with Crippen LogP contribution in [0.25, 0.3) is 0 Å². The molecule has 0 saturated heterocycles. The van der Waals surface area contributed by atoms with Crippen LogP contribution < -0.4 is 0 Å². The van der Waals surface area contributed by atoms with Crippen molar-refractivity contribution in [3.05, 3.63) is 74.8 Å². The van der Waals surface area contributed by atoms with E-state index in [2.05, 4.69) is 0 Å². The van der Waals surface area contributed by atoms with Crippen LogP contribution in [-0.2, 0) is 13.2 Å². The van der Waals surface area contributed by atoms with Crippen molar-refractivity contribution in [1.82, 2.24) is 0 Å². The number of aliphatic hydroxyl groups excluding tert-OH is 3. The van der Waals surface area contributed by atoms with Gasteiger partial charge in [-0.15, -0.1) is 0 Å². The lowest BCUT2D eigenvalue weighted by molar-refractivity contribution is -0.386. The largest absolute Gasteiger partial charge is 0.392 e. The van der Waals surface area contributed by atoms with E-state index >= 15 is 0 Å². The van der Waals surface area contributed by atoms with Crippen molar-refractivity contribution in [3.8, 4) is 0 Å². The van der Waals surface area contributed by atoms with E-state index in [0.717, 1.165) is 0 Å². The Morgan fingerprint density at radius 1 is 1.05 bits per heavy atom. The molecule has 6 heteroatoms. The molecule has 0 spiro atoms. The topological polar surface area (TPSA) is 104 Å². The Morgan fingerprint density at radius 3 is 2.14 bits per heavy atom. The zero-order valence-electron chi connectivity index (χ0n) is 11.1. The van der Waals surface area contributed by atoms with Crippen LogP contribution in [0.5, 0.6) is 0 Å². The van der Waals surface area contributed by atoms with Crippen molar-refractivity contribution in [3.63, 3.8) is 0 Å². The highest BCUT2D eigenvalue weighted by atomic mass is 16.6. The predicted molar refractivity (Wildman–Crippen MR) is 75.4 cm³/mol. The van der Waals surface area contributed by atoms with Crippen LogP contribution in [0.3, 0.4) is 0 Å². The number of hydrogen-bond donors (Lipinski definition) is 3. The fourth-order valence-corrected chi connectivity index (χ4v) is 2.18. The first-order valence-electron chi connectivity index (χ1n) is 6.33. The number of benzene rings is 2. The van der Waals surface area contributed by atoms with E-state index in [0.29, 0.717) is 11.1 Å². The second kappa shape index (κ2) is 6.45. The monoisotopic (exact) mass is 289 g/mol. The number of aliphatic hydroxyl groups is 3. The highest BCUT2D eigenvalue weighted by Crippen LogP contribution is 2.32. The van der Waals surface area contributed by atoms with E-state index in [1.54, 1.807) is 30.3 Å². The predicted octanol–water partition coefficient (Wildman–Crippen LogP) is 1.66. The summed E-state index contributed by atoms with van der Waals surface area (Å²) in [4.78, 5) is 10.6. The number of nitrogens with zero attached hydrogens (tertiary/aromatic N) is 1. The van der Waals surface area contributed by atoms with E-state index in [1.807, 2.05) is 0 Å². The first-order chi connectivity index (χ1) is 10.1. The van der Waals surface area contributed by atoms with Gasteiger partial charge in [0.1, 0.15) is 6.10 Å². The fourth-order valence-electron chi connectivity index (χ4n) is 2.18. The van der Waals surface area contributed by atoms with Crippen LogP contribution in [0.1, 0.15) is 28.4 Å². The Hall–Kier alpha value is -2.28. The van der Waals surface area contributed by atoms with Crippen LogP contribution >= 0.6 is 0 Å². The Kier molecular flexibility index (Phi) is 4.64. The number of nitro groups is 1. The van der Waals surface area contributed by atoms with Gasteiger partial charge in [0.25, 0.3) is 5.69 Å². The van der Waals surface area contributed by atoms with Crippen molar-refractivity contribution in [2.24, 2.45) is 0 Å². The summed E-state index contributed by atoms with van der Waals surface area (Å²) in [6, 6.07) is 11.1. The van der Waals surface area contributed by atoms with Gasteiger partial charge in [0.05, 0.1) is 23.7 Å². The van der Waals surface area contributed by atoms with Crippen molar-refractivity contribution in [2.75, 3.05) is 0 Å². The van der Waals surface area contributed by atoms with Gasteiger partial charge in [0.2, 0.25) is 0 Å². The van der Waals surface area contributed by atoms with Gasteiger partial charge >= 0.3 is 0 Å². The Bertz CT molecular complexity index is 642. The quantitative estimate of drug-likeness (QED) is 0.573. The standard InChI is InChI=1S/C15H15NO5/c17-8-11-6-13(14(16(20)21)7-12(11)9-18)15(19)10-4-2-1-3-5-10/h1-7,15,17-19H,8-9H2. The summed E-state index contributed by atoms with van der Waals surface area (Å²) in [6.07, 6.45) is -1.18. The molecule has 0 aromatic heterocycles. The molecule has 6 nitrogen and oxygen atoms in total. The molecule has 0 heterocycles. The summed E-state index contributed by atoms with van der Waals surface area (Å²) >= 11 is 0. The fraction of sp³-hybridized carbons (Fsp3) is 0.200. The van der Waals surface area contributed by atoms with E-state index in [9.17, 15) is 25.4 Å². The molecule has 0 radical (unpaired) electrons. The van der Waals surface area contributed by atoms with Gasteiger partial charge < -0.3 is 15.3 Å². The lowest BCUT2D eigenvalue weighted by atomic mass is 9.95. The molecular formula is C15H15NO5. The molecular weight excluding hydrogens is 274 g/mol. The molecule has 0 fully saturated rings. The van der Waals surface area contributed by atoms with Crippen LogP contribution in [0.2, 0.25) is 0 Å². The molecule has 3 N–H and O–H groups in total. The van der Waals surface area contributed by atoms with Crippen molar-refractivity contribution in [2.45, 2.75) is 19.3 Å². The third kappa shape index (κ3) is 3.08. The van der Waals surface area contributed by atoms with Crippen molar-refractivity contribution in [1.29, 1.82) is 0 Å². The third-order valence-corrected chi connectivity index (χ3v) is 3.30. The first-order valence-corrected chi connectivity index (χ1v) is 6.33. The molecule has 0 amide bonds. The molecule has 0 aliphatic rings. The molecule has 21 heavy (non-hydrogen) atoms. The van der Waals surface area contributed by atoms with E-state index < -0.39 is 17.6 Å². The normalized spacial score (nSPS) is 12.1. The molecule has 0 aliphatic carbocycles. The average Bonchev–Trinajstić information content (AvgIpc) is 2.53. The summed E-state index contributed by atoms with van der Waals surface area (Å²) in [5.74, 6) is 0. The van der Waals surface area contributed by atoms with Crippen LogP contribution in [0.4, 0.5) is 5.69 Å². The summed E-state index contributed by atoms with van der Waals surface area (Å²) in [7, 11) is 0. The lowest BCUT2D eigenvalue weighted by Gasteiger charge is -2.14. The molecule has 2 aromatic carbocycles. The zero-order chi connectivity index (χ0) is 15.4. The molecule has 0 saturated carbocycles. The van der Waals surface area contributed by atoms with Gasteiger partial charge in [-0.2, -0.15) is 0 Å². The van der Waals surface area contributed by atoms with Gasteiger partial charge in [-0.25, -0.2) is 0 Å². The van der Waals surface area contributed by atoms with E-state index in [-0.39, 0.29) is 23.4 Å². The SMILES string of the molecule is O=[N+]([O-])c1cc(CO)c(CO)cc1C(O)c1ccccc1. The molecule has 1 unspecified atom stereocenters. The maximum absolute atomic E-state index is 11.2. The van der Waals surface area contributed by atoms with Crippen LogP contribution in [0, 0.1) is 10.1 Å². The maximum atomic E-state index is 11.2. The zero-order valence-corrected chi connectivity index (χ0v) is 11.1. The first kappa shape index (κ1) is 15.1. The summed E-state index contributed by atoms with van der Waals surface area (Å²) in [6.45, 7) is -0.791. The second-order valence-electron chi connectivity index (χ2n) is 4.57. The lowest BCUT2D eigenvalue weighted by Crippen LogP contribution is -2.07. The molecule has 110 valence electrons. The highest BCUT2D eigenvalue weighted by Gasteiger charge is 2.24. The van der Waals surface area contributed by atoms with Crippen LogP contribution in [-0.4, -0.2) is 20.2 Å². The van der Waals surface area contributed by atoms with Crippen molar-refractivity contribution < 1.29 is 20.2 Å². The molecule has 2 aromatic rings. The summed E-state index contributed by atoms with van der Waals surface area (Å²) in [5.41, 5.74) is 0.947. The average molecular weight is 289 g/mol. The van der Waals surface area contributed by atoms with E-state index in [1.165, 1.54) is 12.1 Å². The second-order valence-corrected chi connectivity index (χ2v) is 4.57. The van der Waals surface area contributed by atoms with Gasteiger partial charge in [-0.1, -0.05) is 30.3 Å². The Morgan fingerprint density at radius 2 is 1.62 bits per heavy atom. The third-order valence-electron chi connectivity index (χ3n) is 3.30. The number of nitro benzene ring substituents is 1. The number of rotatable bonds is 5. The summed E-state index contributed by atoms with van der Waals surface area (Å²) < 4.78 is 0. The smallest absolute Gasteiger partial charge is 0.275 e. The van der Waals surface area contributed by atoms with Gasteiger partial charge in [-0.3, -0.25) is 10.1 Å². The number of hydrogen-bond acceptors (Lipinski definition) is 5. The molecule has 1 atom stereocenters. The Balaban J connectivity index is 2.58. The summed E-state index contributed by atoms with van der Waals surface area (Å²) in [5, 5.41) is 40.0. The highest BCUT2D eigenvalue weighted by molar-refractivity contribution is 5.50. The van der Waals surface area contributed by atoms with Gasteiger partial charge in [0, 0.05) is 6.07 Å². The molecule has 0 bridgehead atoms. The van der Waals surface area contributed by atoms with Crippen molar-refractivity contribution >= 4 is 5.69 Å². The van der Waals surface area contributed by atoms with Crippen LogP contribution in [0.15, 0.2) is 42.5 Å².